The van der Waals surface area contributed by atoms with Gasteiger partial charge in [0, 0.05) is 24.2 Å². The summed E-state index contributed by atoms with van der Waals surface area (Å²) in [5.74, 6) is -2.54. The fourth-order valence-corrected chi connectivity index (χ4v) is 4.03. The number of aromatic nitrogens is 2. The molecule has 1 N–H and O–H groups in total. The first-order chi connectivity index (χ1) is 14.7. The third-order valence-corrected chi connectivity index (χ3v) is 5.93. The topological polar surface area (TPSA) is 78.7 Å². The van der Waals surface area contributed by atoms with Gasteiger partial charge in [0.25, 0.3) is 0 Å². The Balaban J connectivity index is 0.000000423. The fourth-order valence-electron chi connectivity index (χ4n) is 3.34. The zero-order valence-corrected chi connectivity index (χ0v) is 18.3. The normalized spacial score (nSPS) is 15.9. The minimum absolute atomic E-state index is 0.220. The largest absolute Gasteiger partial charge is 0.490 e. The van der Waals surface area contributed by atoms with E-state index in [1.54, 1.807) is 11.3 Å². The Morgan fingerprint density at radius 2 is 1.97 bits per heavy atom. The molecule has 1 amide bonds. The Morgan fingerprint density at radius 1 is 1.29 bits per heavy atom. The van der Waals surface area contributed by atoms with Crippen LogP contribution in [-0.2, 0) is 22.6 Å². The van der Waals surface area contributed by atoms with Gasteiger partial charge in [-0.1, -0.05) is 19.9 Å². The number of nitrogens with zero attached hydrogens (tertiary/aromatic N) is 4. The van der Waals surface area contributed by atoms with E-state index in [4.69, 9.17) is 9.90 Å². The van der Waals surface area contributed by atoms with Crippen LogP contribution in [-0.4, -0.2) is 68.9 Å². The lowest BCUT2D eigenvalue weighted by Crippen LogP contribution is -2.43. The molecular weight excluding hydrogens is 433 g/mol. The fraction of sp³-hybridized carbons (Fsp3) is 0.550. The first-order valence-electron chi connectivity index (χ1n) is 10.0. The maximum absolute atomic E-state index is 12.7. The number of fused-ring (bicyclic) bond motifs is 1. The number of aliphatic carboxylic acids is 1. The summed E-state index contributed by atoms with van der Waals surface area (Å²) in [4.78, 5) is 27.1. The highest BCUT2D eigenvalue weighted by Gasteiger charge is 2.38. The van der Waals surface area contributed by atoms with E-state index in [1.165, 1.54) is 0 Å². The summed E-state index contributed by atoms with van der Waals surface area (Å²) in [5.41, 5.74) is 1.14. The predicted molar refractivity (Wildman–Crippen MR) is 111 cm³/mol. The highest BCUT2D eigenvalue weighted by molar-refractivity contribution is 7.10. The van der Waals surface area contributed by atoms with E-state index in [-0.39, 0.29) is 11.9 Å². The standard InChI is InChI=1S/C18H26N4OS.C2HF3O2/c1-3-20(4-2)10-8-16-14-21(13-15-7-9-19-22(15)16)18(23)12-17-6-5-11-24-17;3-2(4,5)1(6)7/h5-7,9,11,16H,3-4,8,10,12-14H2,1-2H3;(H,6,7). The molecule has 0 spiro atoms. The number of carboxylic acid groups (broad SMARTS) is 1. The summed E-state index contributed by atoms with van der Waals surface area (Å²) in [5, 5.41) is 13.7. The maximum Gasteiger partial charge on any atom is 0.490 e. The SMILES string of the molecule is CCN(CC)CCC1CN(C(=O)Cc2cccs2)Cc2ccnn21.O=C(O)C(F)(F)F. The van der Waals surface area contributed by atoms with Crippen molar-refractivity contribution in [2.75, 3.05) is 26.2 Å². The van der Waals surface area contributed by atoms with Crippen molar-refractivity contribution in [1.82, 2.24) is 19.6 Å². The molecular formula is C20H27F3N4O3S. The van der Waals surface area contributed by atoms with Crippen LogP contribution >= 0.6 is 11.3 Å². The first kappa shape index (κ1) is 24.9. The minimum Gasteiger partial charge on any atom is -0.475 e. The van der Waals surface area contributed by atoms with E-state index < -0.39 is 12.1 Å². The second-order valence-electron chi connectivity index (χ2n) is 7.07. The van der Waals surface area contributed by atoms with Crippen LogP contribution in [0.2, 0.25) is 0 Å². The van der Waals surface area contributed by atoms with Gasteiger partial charge in [-0.25, -0.2) is 4.79 Å². The summed E-state index contributed by atoms with van der Waals surface area (Å²) in [6.07, 6.45) is -1.69. The number of alkyl halides is 3. The summed E-state index contributed by atoms with van der Waals surface area (Å²) >= 11 is 1.65. The lowest BCUT2D eigenvalue weighted by molar-refractivity contribution is -0.192. The summed E-state index contributed by atoms with van der Waals surface area (Å²) < 4.78 is 33.9. The van der Waals surface area contributed by atoms with Crippen LogP contribution in [0.1, 0.15) is 36.9 Å². The van der Waals surface area contributed by atoms with E-state index >= 15 is 0 Å². The molecule has 1 unspecified atom stereocenters. The Bertz CT molecular complexity index is 835. The summed E-state index contributed by atoms with van der Waals surface area (Å²) in [7, 11) is 0. The molecule has 7 nitrogen and oxygen atoms in total. The molecule has 11 heteroatoms. The van der Waals surface area contributed by atoms with Crippen molar-refractivity contribution < 1.29 is 27.9 Å². The Hall–Kier alpha value is -2.40. The van der Waals surface area contributed by atoms with Gasteiger partial charge >= 0.3 is 12.1 Å². The zero-order chi connectivity index (χ0) is 23.0. The molecule has 0 fully saturated rings. The van der Waals surface area contributed by atoms with Crippen LogP contribution < -0.4 is 0 Å². The molecule has 2 aromatic heterocycles. The number of rotatable bonds is 7. The number of amides is 1. The number of halogens is 3. The van der Waals surface area contributed by atoms with Crippen molar-refractivity contribution in [3.63, 3.8) is 0 Å². The van der Waals surface area contributed by atoms with E-state index in [0.717, 1.165) is 43.2 Å². The number of hydrogen-bond donors (Lipinski definition) is 1. The van der Waals surface area contributed by atoms with Gasteiger partial charge in [-0.2, -0.15) is 18.3 Å². The highest BCUT2D eigenvalue weighted by Crippen LogP contribution is 2.24. The molecule has 0 bridgehead atoms. The monoisotopic (exact) mass is 460 g/mol. The third-order valence-electron chi connectivity index (χ3n) is 5.06. The number of carbonyl (C=O) groups excluding carboxylic acids is 1. The van der Waals surface area contributed by atoms with Crippen molar-refractivity contribution in [3.8, 4) is 0 Å². The number of hydrogen-bond acceptors (Lipinski definition) is 5. The molecule has 3 heterocycles. The van der Waals surface area contributed by atoms with Crippen molar-refractivity contribution >= 4 is 23.2 Å². The van der Waals surface area contributed by atoms with Crippen molar-refractivity contribution in [1.29, 1.82) is 0 Å². The van der Waals surface area contributed by atoms with Crippen LogP contribution in [0.5, 0.6) is 0 Å². The molecule has 0 aromatic carbocycles. The molecule has 0 saturated heterocycles. The molecule has 2 aromatic rings. The summed E-state index contributed by atoms with van der Waals surface area (Å²) in [6.45, 7) is 9.00. The maximum atomic E-state index is 12.7. The molecule has 3 rings (SSSR count). The second kappa shape index (κ2) is 11.3. The second-order valence-corrected chi connectivity index (χ2v) is 8.10. The van der Waals surface area contributed by atoms with E-state index in [0.29, 0.717) is 13.0 Å². The molecule has 1 aliphatic rings. The third kappa shape index (κ3) is 7.35. The van der Waals surface area contributed by atoms with Crippen molar-refractivity contribution in [3.05, 3.63) is 40.3 Å². The van der Waals surface area contributed by atoms with Gasteiger partial charge in [0.05, 0.1) is 24.7 Å². The zero-order valence-electron chi connectivity index (χ0n) is 17.5. The van der Waals surface area contributed by atoms with Crippen LogP contribution in [0.3, 0.4) is 0 Å². The molecule has 0 saturated carbocycles. The first-order valence-corrected chi connectivity index (χ1v) is 10.9. The van der Waals surface area contributed by atoms with Gasteiger partial charge in [-0.15, -0.1) is 11.3 Å². The highest BCUT2D eigenvalue weighted by atomic mass is 32.1. The van der Waals surface area contributed by atoms with Gasteiger partial charge in [0.15, 0.2) is 0 Å². The predicted octanol–water partition coefficient (Wildman–Crippen LogP) is 3.44. The van der Waals surface area contributed by atoms with Crippen LogP contribution in [0, 0.1) is 0 Å². The Kier molecular flexibility index (Phi) is 9.05. The van der Waals surface area contributed by atoms with Crippen LogP contribution in [0.25, 0.3) is 0 Å². The average molecular weight is 461 g/mol. The molecule has 1 atom stereocenters. The molecule has 31 heavy (non-hydrogen) atoms. The van der Waals surface area contributed by atoms with E-state index in [9.17, 15) is 18.0 Å². The molecule has 1 aliphatic heterocycles. The average Bonchev–Trinajstić information content (AvgIpc) is 3.40. The Morgan fingerprint density at radius 3 is 2.52 bits per heavy atom. The molecule has 0 radical (unpaired) electrons. The van der Waals surface area contributed by atoms with Gasteiger partial charge in [0.2, 0.25) is 5.91 Å². The van der Waals surface area contributed by atoms with Gasteiger partial charge in [-0.05, 0) is 37.0 Å². The van der Waals surface area contributed by atoms with Gasteiger partial charge < -0.3 is 14.9 Å². The number of carbonyl (C=O) groups is 2. The smallest absolute Gasteiger partial charge is 0.475 e. The van der Waals surface area contributed by atoms with Crippen molar-refractivity contribution in [2.24, 2.45) is 0 Å². The van der Waals surface area contributed by atoms with Crippen molar-refractivity contribution in [2.45, 2.75) is 45.5 Å². The van der Waals surface area contributed by atoms with Gasteiger partial charge in [0.1, 0.15) is 0 Å². The Labute approximate surface area is 183 Å². The van der Waals surface area contributed by atoms with E-state index in [1.807, 2.05) is 34.7 Å². The lowest BCUT2D eigenvalue weighted by atomic mass is 10.1. The quantitative estimate of drug-likeness (QED) is 0.685. The number of carboxylic acids is 1. The lowest BCUT2D eigenvalue weighted by Gasteiger charge is -2.35. The summed E-state index contributed by atoms with van der Waals surface area (Å²) in [6, 6.07) is 6.35. The van der Waals surface area contributed by atoms with E-state index in [2.05, 4.69) is 28.5 Å². The minimum atomic E-state index is -5.08. The van der Waals surface area contributed by atoms with Gasteiger partial charge in [-0.3, -0.25) is 9.48 Å². The van der Waals surface area contributed by atoms with Crippen LogP contribution in [0.4, 0.5) is 13.2 Å². The molecule has 172 valence electrons. The number of thiophene rings is 1. The van der Waals surface area contributed by atoms with Crippen LogP contribution in [0.15, 0.2) is 29.8 Å². The molecule has 0 aliphatic carbocycles.